The largest absolute Gasteiger partial charge is 0.354 e. The van der Waals surface area contributed by atoms with Gasteiger partial charge in [-0.1, -0.05) is 6.07 Å². The third kappa shape index (κ3) is 4.59. The van der Waals surface area contributed by atoms with E-state index in [1.54, 1.807) is 0 Å². The lowest BCUT2D eigenvalue weighted by Gasteiger charge is -2.27. The summed E-state index contributed by atoms with van der Waals surface area (Å²) in [4.78, 5) is 11.1. The van der Waals surface area contributed by atoms with Gasteiger partial charge >= 0.3 is 0 Å². The lowest BCUT2D eigenvalue weighted by Crippen LogP contribution is -2.42. The van der Waals surface area contributed by atoms with Crippen molar-refractivity contribution in [2.24, 2.45) is 4.99 Å². The molecule has 1 atom stereocenters. The summed E-state index contributed by atoms with van der Waals surface area (Å²) in [6, 6.07) is 9.18. The van der Waals surface area contributed by atoms with Crippen molar-refractivity contribution < 1.29 is 0 Å². The van der Waals surface area contributed by atoms with Gasteiger partial charge < -0.3 is 10.6 Å². The van der Waals surface area contributed by atoms with Gasteiger partial charge in [0, 0.05) is 28.2 Å². The summed E-state index contributed by atoms with van der Waals surface area (Å²) in [6.45, 7) is 6.26. The number of hydrogen-bond acceptors (Lipinski definition) is 4. The van der Waals surface area contributed by atoms with E-state index < -0.39 is 0 Å². The van der Waals surface area contributed by atoms with Crippen LogP contribution in [-0.2, 0) is 6.54 Å². The average Bonchev–Trinajstić information content (AvgIpc) is 3.33. The smallest absolute Gasteiger partial charge is 0.191 e. The molecule has 3 heterocycles. The maximum absolute atomic E-state index is 4.37. The average molecular weight is 363 g/mol. The van der Waals surface area contributed by atoms with Gasteiger partial charge in [0.2, 0.25) is 0 Å². The number of nitrogens with zero attached hydrogens (tertiary/aromatic N) is 2. The summed E-state index contributed by atoms with van der Waals surface area (Å²) in [5, 5.41) is 9.12. The monoisotopic (exact) mass is 362 g/mol. The van der Waals surface area contributed by atoms with Crippen molar-refractivity contribution in [1.82, 2.24) is 15.5 Å². The molecule has 130 valence electrons. The molecule has 2 N–H and O–H groups in total. The Morgan fingerprint density at radius 1 is 1.25 bits per heavy atom. The Hall–Kier alpha value is -1.37. The SMILES string of the molecule is CN=C(NCc1ccc(C)s1)NCC(c1cccs1)N1CCCC1. The van der Waals surface area contributed by atoms with E-state index in [2.05, 4.69) is 57.1 Å². The molecule has 1 unspecified atom stereocenters. The molecule has 0 saturated carbocycles. The number of aliphatic imine (C=N–C) groups is 1. The zero-order valence-corrected chi connectivity index (χ0v) is 16.1. The van der Waals surface area contributed by atoms with E-state index in [4.69, 9.17) is 0 Å². The Bertz CT molecular complexity index is 642. The first-order chi connectivity index (χ1) is 11.8. The van der Waals surface area contributed by atoms with E-state index in [0.29, 0.717) is 6.04 Å². The van der Waals surface area contributed by atoms with E-state index in [1.165, 1.54) is 40.6 Å². The van der Waals surface area contributed by atoms with E-state index in [-0.39, 0.29) is 0 Å². The van der Waals surface area contributed by atoms with Crippen LogP contribution in [-0.4, -0.2) is 37.5 Å². The molecule has 0 radical (unpaired) electrons. The van der Waals surface area contributed by atoms with Gasteiger partial charge in [0.05, 0.1) is 12.6 Å². The van der Waals surface area contributed by atoms with Crippen molar-refractivity contribution in [3.8, 4) is 0 Å². The zero-order valence-electron chi connectivity index (χ0n) is 14.4. The molecule has 0 aromatic carbocycles. The van der Waals surface area contributed by atoms with Crippen molar-refractivity contribution >= 4 is 28.6 Å². The van der Waals surface area contributed by atoms with Crippen LogP contribution in [0.2, 0.25) is 0 Å². The Kier molecular flexibility index (Phi) is 6.29. The second kappa shape index (κ2) is 8.65. The second-order valence-corrected chi connectivity index (χ2v) is 8.45. The first-order valence-corrected chi connectivity index (χ1v) is 10.2. The normalized spacial score (nSPS) is 17.2. The molecule has 2 aromatic heterocycles. The van der Waals surface area contributed by atoms with Crippen LogP contribution in [0.3, 0.4) is 0 Å². The summed E-state index contributed by atoms with van der Waals surface area (Å²) in [5.41, 5.74) is 0. The van der Waals surface area contributed by atoms with Crippen molar-refractivity contribution in [1.29, 1.82) is 0 Å². The number of likely N-dealkylation sites (tertiary alicyclic amines) is 1. The van der Waals surface area contributed by atoms with Crippen molar-refractivity contribution in [3.63, 3.8) is 0 Å². The van der Waals surface area contributed by atoms with Gasteiger partial charge in [-0.3, -0.25) is 9.89 Å². The fraction of sp³-hybridized carbons (Fsp3) is 0.500. The van der Waals surface area contributed by atoms with Crippen LogP contribution < -0.4 is 10.6 Å². The van der Waals surface area contributed by atoms with Crippen LogP contribution in [0, 0.1) is 6.92 Å². The van der Waals surface area contributed by atoms with Crippen molar-refractivity contribution in [2.45, 2.75) is 32.4 Å². The van der Waals surface area contributed by atoms with Crippen LogP contribution in [0.25, 0.3) is 0 Å². The Labute approximate surface area is 152 Å². The van der Waals surface area contributed by atoms with Gasteiger partial charge in [0.25, 0.3) is 0 Å². The number of thiophene rings is 2. The molecule has 6 heteroatoms. The Morgan fingerprint density at radius 2 is 2.08 bits per heavy atom. The second-order valence-electron chi connectivity index (χ2n) is 6.09. The molecule has 3 rings (SSSR count). The number of aryl methyl sites for hydroxylation is 1. The molecule has 1 fully saturated rings. The number of guanidine groups is 1. The maximum atomic E-state index is 4.37. The molecule has 4 nitrogen and oxygen atoms in total. The predicted molar refractivity (Wildman–Crippen MR) is 105 cm³/mol. The topological polar surface area (TPSA) is 39.7 Å². The molecule has 2 aromatic rings. The lowest BCUT2D eigenvalue weighted by atomic mass is 10.2. The number of hydrogen-bond donors (Lipinski definition) is 2. The molecule has 1 aliphatic rings. The predicted octanol–water partition coefficient (Wildman–Crippen LogP) is 3.62. The summed E-state index contributed by atoms with van der Waals surface area (Å²) < 4.78 is 0. The molecule has 0 amide bonds. The Morgan fingerprint density at radius 3 is 2.71 bits per heavy atom. The van der Waals surface area contributed by atoms with Gasteiger partial charge in [-0.05, 0) is 56.4 Å². The van der Waals surface area contributed by atoms with Gasteiger partial charge in [-0.25, -0.2) is 0 Å². The zero-order chi connectivity index (χ0) is 16.8. The third-order valence-electron chi connectivity index (χ3n) is 4.37. The highest BCUT2D eigenvalue weighted by molar-refractivity contribution is 7.11. The van der Waals surface area contributed by atoms with Crippen molar-refractivity contribution in [3.05, 3.63) is 44.3 Å². The minimum atomic E-state index is 0.440. The molecule has 0 aliphatic carbocycles. The number of rotatable bonds is 6. The standard InChI is InChI=1S/C18H26N4S2/c1-14-7-8-15(24-14)12-20-18(19-2)21-13-16(17-6-5-11-23-17)22-9-3-4-10-22/h5-8,11,16H,3-4,9-10,12-13H2,1-2H3,(H2,19,20,21). The molecular weight excluding hydrogens is 336 g/mol. The highest BCUT2D eigenvalue weighted by Crippen LogP contribution is 2.27. The fourth-order valence-corrected chi connectivity index (χ4v) is 4.80. The number of nitrogens with one attached hydrogen (secondary N) is 2. The van der Waals surface area contributed by atoms with E-state index in [0.717, 1.165) is 19.0 Å². The van der Waals surface area contributed by atoms with E-state index >= 15 is 0 Å². The van der Waals surface area contributed by atoms with Gasteiger partial charge in [0.15, 0.2) is 5.96 Å². The van der Waals surface area contributed by atoms with Crippen LogP contribution in [0.4, 0.5) is 0 Å². The first-order valence-electron chi connectivity index (χ1n) is 8.53. The maximum Gasteiger partial charge on any atom is 0.191 e. The molecule has 0 bridgehead atoms. The molecule has 1 saturated heterocycles. The molecular formula is C18H26N4S2. The van der Waals surface area contributed by atoms with Gasteiger partial charge in [-0.15, -0.1) is 22.7 Å². The Balaban J connectivity index is 1.56. The molecule has 1 aliphatic heterocycles. The van der Waals surface area contributed by atoms with Crippen LogP contribution in [0.1, 0.15) is 33.5 Å². The van der Waals surface area contributed by atoms with Crippen LogP contribution in [0.15, 0.2) is 34.6 Å². The lowest BCUT2D eigenvalue weighted by molar-refractivity contribution is 0.249. The quantitative estimate of drug-likeness (QED) is 0.609. The molecule has 0 spiro atoms. The van der Waals surface area contributed by atoms with Crippen LogP contribution >= 0.6 is 22.7 Å². The minimum absolute atomic E-state index is 0.440. The minimum Gasteiger partial charge on any atom is -0.354 e. The summed E-state index contributed by atoms with van der Waals surface area (Å²) in [5.74, 6) is 0.877. The first kappa shape index (κ1) is 17.5. The highest BCUT2D eigenvalue weighted by Gasteiger charge is 2.24. The van der Waals surface area contributed by atoms with E-state index in [9.17, 15) is 0 Å². The fourth-order valence-electron chi connectivity index (χ4n) is 3.11. The van der Waals surface area contributed by atoms with Crippen LogP contribution in [0.5, 0.6) is 0 Å². The van der Waals surface area contributed by atoms with E-state index in [1.807, 2.05) is 29.7 Å². The van der Waals surface area contributed by atoms with Crippen molar-refractivity contribution in [2.75, 3.05) is 26.7 Å². The summed E-state index contributed by atoms with van der Waals surface area (Å²) in [6.07, 6.45) is 2.62. The highest BCUT2D eigenvalue weighted by atomic mass is 32.1. The summed E-state index contributed by atoms with van der Waals surface area (Å²) in [7, 11) is 1.84. The third-order valence-corrected chi connectivity index (χ3v) is 6.34. The van der Waals surface area contributed by atoms with Gasteiger partial charge in [0.1, 0.15) is 0 Å². The van der Waals surface area contributed by atoms with Gasteiger partial charge in [-0.2, -0.15) is 0 Å². The summed E-state index contributed by atoms with van der Waals surface area (Å²) >= 11 is 3.68. The molecule has 24 heavy (non-hydrogen) atoms.